The van der Waals surface area contributed by atoms with Gasteiger partial charge in [-0.3, -0.25) is 4.79 Å². The van der Waals surface area contributed by atoms with Crippen LogP contribution >= 0.6 is 27.3 Å². The maximum Gasteiger partial charge on any atom is 0.265 e. The first kappa shape index (κ1) is 23.2. The molecule has 0 fully saturated rings. The lowest BCUT2D eigenvalue weighted by atomic mass is 10.1. The van der Waals surface area contributed by atoms with Crippen molar-refractivity contribution in [1.82, 2.24) is 14.6 Å². The zero-order chi connectivity index (χ0) is 25.4. The molecule has 1 amide bonds. The zero-order valence-electron chi connectivity index (χ0n) is 19.4. The summed E-state index contributed by atoms with van der Waals surface area (Å²) >= 11 is 4.99. The molecule has 0 aliphatic heterocycles. The number of nitrogens with zero attached hydrogens (tertiary/aromatic N) is 3. The molecular weight excluding hydrogens is 550 g/mol. The Labute approximate surface area is 224 Å². The molecule has 0 saturated carbocycles. The Morgan fingerprint density at radius 3 is 2.70 bits per heavy atom. The second-order valence-electron chi connectivity index (χ2n) is 8.43. The maximum absolute atomic E-state index is 12.9. The van der Waals surface area contributed by atoms with Gasteiger partial charge in [0, 0.05) is 28.6 Å². The molecule has 6 aromatic rings. The van der Waals surface area contributed by atoms with E-state index >= 15 is 0 Å². The molecule has 0 spiro atoms. The minimum absolute atomic E-state index is 0.129. The van der Waals surface area contributed by atoms with Gasteiger partial charge < -0.3 is 15.7 Å². The number of carbonyl (C=O) groups is 1. The third kappa shape index (κ3) is 4.66. The van der Waals surface area contributed by atoms with Gasteiger partial charge in [-0.15, -0.1) is 11.3 Å². The average Bonchev–Trinajstić information content (AvgIpc) is 3.52. The fourth-order valence-corrected chi connectivity index (χ4v) is 5.43. The highest BCUT2D eigenvalue weighted by atomic mass is 79.9. The minimum Gasteiger partial charge on any atom is -0.507 e. The van der Waals surface area contributed by atoms with Gasteiger partial charge >= 0.3 is 0 Å². The number of fused-ring (bicyclic) bond motifs is 2. The van der Waals surface area contributed by atoms with E-state index in [0.29, 0.717) is 34.1 Å². The molecule has 3 heterocycles. The number of nitrogens with one attached hydrogen (secondary N) is 2. The van der Waals surface area contributed by atoms with Crippen LogP contribution in [0.25, 0.3) is 27.0 Å². The molecule has 7 nitrogen and oxygen atoms in total. The maximum atomic E-state index is 12.9. The quantitative estimate of drug-likeness (QED) is 0.202. The van der Waals surface area contributed by atoms with Crippen molar-refractivity contribution in [1.29, 1.82) is 0 Å². The monoisotopic (exact) mass is 569 g/mol. The lowest BCUT2D eigenvalue weighted by Crippen LogP contribution is -2.11. The topological polar surface area (TPSA) is 91.5 Å². The van der Waals surface area contributed by atoms with Crippen molar-refractivity contribution < 1.29 is 9.90 Å². The normalized spacial score (nSPS) is 11.2. The van der Waals surface area contributed by atoms with Crippen LogP contribution in [0.2, 0.25) is 0 Å². The van der Waals surface area contributed by atoms with Crippen LogP contribution in [-0.4, -0.2) is 25.6 Å². The molecule has 3 N–H and O–H groups in total. The standard InChI is InChI=1S/C28H20BrN5O2S/c29-21-16-31-34-26(14-22(33-27(21)34)20-9-2-3-10-23(20)35)30-15-17-6-5-8-19(12-17)32-28(36)25-13-18-7-1-4-11-24(18)37-25/h1-14,16,30,35H,15H2,(H,32,36). The number of halogens is 1. The number of amides is 1. The highest BCUT2D eigenvalue weighted by Gasteiger charge is 2.14. The van der Waals surface area contributed by atoms with E-state index in [0.717, 1.165) is 25.8 Å². The van der Waals surface area contributed by atoms with Crippen molar-refractivity contribution >= 4 is 60.4 Å². The van der Waals surface area contributed by atoms with Gasteiger partial charge in [0.05, 0.1) is 21.2 Å². The SMILES string of the molecule is O=C(Nc1cccc(CNc2cc(-c3ccccc3O)nc3c(Br)cnn23)c1)c1cc2ccccc2s1. The first-order valence-electron chi connectivity index (χ1n) is 11.5. The van der Waals surface area contributed by atoms with Crippen LogP contribution in [0.4, 0.5) is 11.5 Å². The Morgan fingerprint density at radius 2 is 1.84 bits per heavy atom. The highest BCUT2D eigenvalue weighted by Crippen LogP contribution is 2.31. The molecule has 0 aliphatic carbocycles. The van der Waals surface area contributed by atoms with Crippen molar-refractivity contribution in [3.63, 3.8) is 0 Å². The van der Waals surface area contributed by atoms with Crippen LogP contribution in [0, 0.1) is 0 Å². The van der Waals surface area contributed by atoms with E-state index in [-0.39, 0.29) is 11.7 Å². The Bertz CT molecular complexity index is 1740. The second kappa shape index (κ2) is 9.68. The summed E-state index contributed by atoms with van der Waals surface area (Å²) in [5.41, 5.74) is 3.59. The number of thiophene rings is 1. The Balaban J connectivity index is 1.24. The molecular formula is C28H20BrN5O2S. The average molecular weight is 570 g/mol. The minimum atomic E-state index is -0.129. The molecule has 9 heteroatoms. The van der Waals surface area contributed by atoms with E-state index in [1.54, 1.807) is 22.8 Å². The summed E-state index contributed by atoms with van der Waals surface area (Å²) in [5, 5.41) is 22.3. The van der Waals surface area contributed by atoms with Crippen LogP contribution in [0.1, 0.15) is 15.2 Å². The number of para-hydroxylation sites is 1. The van der Waals surface area contributed by atoms with Gasteiger partial charge in [-0.05, 0) is 63.3 Å². The number of hydrogen-bond donors (Lipinski definition) is 3. The van der Waals surface area contributed by atoms with E-state index in [2.05, 4.69) is 36.6 Å². The lowest BCUT2D eigenvalue weighted by molar-refractivity contribution is 0.103. The predicted molar refractivity (Wildman–Crippen MR) is 151 cm³/mol. The summed E-state index contributed by atoms with van der Waals surface area (Å²) < 4.78 is 3.54. The van der Waals surface area contributed by atoms with Crippen molar-refractivity contribution in [2.24, 2.45) is 0 Å². The molecule has 3 aromatic heterocycles. The van der Waals surface area contributed by atoms with Crippen LogP contribution in [-0.2, 0) is 6.54 Å². The summed E-state index contributed by atoms with van der Waals surface area (Å²) in [6.07, 6.45) is 1.69. The third-order valence-electron chi connectivity index (χ3n) is 5.92. The molecule has 6 rings (SSSR count). The molecule has 0 aliphatic rings. The van der Waals surface area contributed by atoms with Gasteiger partial charge in [-0.25, -0.2) is 4.98 Å². The Kier molecular flexibility index (Phi) is 6.07. The fraction of sp³-hybridized carbons (Fsp3) is 0.0357. The first-order chi connectivity index (χ1) is 18.0. The molecule has 0 saturated heterocycles. The van der Waals surface area contributed by atoms with Crippen LogP contribution < -0.4 is 10.6 Å². The molecule has 0 bridgehead atoms. The second-order valence-corrected chi connectivity index (χ2v) is 10.4. The molecule has 0 atom stereocenters. The van der Waals surface area contributed by atoms with E-state index in [4.69, 9.17) is 0 Å². The van der Waals surface area contributed by atoms with Crippen molar-refractivity contribution in [2.75, 3.05) is 10.6 Å². The number of aromatic nitrogens is 3. The number of benzene rings is 3. The van der Waals surface area contributed by atoms with Crippen LogP contribution in [0.5, 0.6) is 5.75 Å². The van der Waals surface area contributed by atoms with Gasteiger partial charge in [0.15, 0.2) is 5.65 Å². The van der Waals surface area contributed by atoms with Crippen molar-refractivity contribution in [3.05, 3.63) is 106 Å². The summed E-state index contributed by atoms with van der Waals surface area (Å²) in [5.74, 6) is 0.743. The summed E-state index contributed by atoms with van der Waals surface area (Å²) in [6.45, 7) is 0.489. The zero-order valence-corrected chi connectivity index (χ0v) is 21.8. The highest BCUT2D eigenvalue weighted by molar-refractivity contribution is 9.10. The van der Waals surface area contributed by atoms with E-state index in [9.17, 15) is 9.90 Å². The van der Waals surface area contributed by atoms with Crippen LogP contribution in [0.15, 0.2) is 95.6 Å². The van der Waals surface area contributed by atoms with Gasteiger partial charge in [0.1, 0.15) is 11.6 Å². The summed E-state index contributed by atoms with van der Waals surface area (Å²) in [7, 11) is 0. The van der Waals surface area contributed by atoms with Crippen LogP contribution in [0.3, 0.4) is 0 Å². The van der Waals surface area contributed by atoms with Crippen molar-refractivity contribution in [2.45, 2.75) is 6.54 Å². The molecule has 3 aromatic carbocycles. The van der Waals surface area contributed by atoms with E-state index < -0.39 is 0 Å². The molecule has 0 unspecified atom stereocenters. The van der Waals surface area contributed by atoms with Gasteiger partial charge in [-0.1, -0.05) is 42.5 Å². The van der Waals surface area contributed by atoms with E-state index in [1.165, 1.54) is 11.3 Å². The smallest absolute Gasteiger partial charge is 0.265 e. The fourth-order valence-electron chi connectivity index (χ4n) is 4.13. The Morgan fingerprint density at radius 1 is 1.00 bits per heavy atom. The number of hydrogen-bond acceptors (Lipinski definition) is 6. The number of carbonyl (C=O) groups excluding carboxylic acids is 1. The third-order valence-corrected chi connectivity index (χ3v) is 7.59. The predicted octanol–water partition coefficient (Wildman–Crippen LogP) is 6.94. The van der Waals surface area contributed by atoms with E-state index in [1.807, 2.05) is 72.8 Å². The summed E-state index contributed by atoms with van der Waals surface area (Å²) in [4.78, 5) is 18.2. The number of phenols is 1. The Hall–Kier alpha value is -4.21. The van der Waals surface area contributed by atoms with Gasteiger partial charge in [-0.2, -0.15) is 9.61 Å². The molecule has 0 radical (unpaired) electrons. The van der Waals surface area contributed by atoms with Gasteiger partial charge in [0.25, 0.3) is 5.91 Å². The van der Waals surface area contributed by atoms with Crippen molar-refractivity contribution in [3.8, 4) is 17.0 Å². The molecule has 182 valence electrons. The lowest BCUT2D eigenvalue weighted by Gasteiger charge is -2.12. The first-order valence-corrected chi connectivity index (χ1v) is 13.1. The number of anilines is 2. The molecule has 37 heavy (non-hydrogen) atoms. The number of rotatable bonds is 6. The van der Waals surface area contributed by atoms with Gasteiger partial charge in [0.2, 0.25) is 0 Å². The number of aromatic hydroxyl groups is 1. The summed E-state index contributed by atoms with van der Waals surface area (Å²) in [6, 6.07) is 26.6. The largest absolute Gasteiger partial charge is 0.507 e. The number of phenolic OH excluding ortho intramolecular Hbond substituents is 1.